The Morgan fingerprint density at radius 1 is 1.29 bits per heavy atom. The van der Waals surface area contributed by atoms with Crippen molar-refractivity contribution in [2.45, 2.75) is 13.8 Å². The van der Waals surface area contributed by atoms with E-state index in [1.165, 1.54) is 0 Å². The van der Waals surface area contributed by atoms with E-state index in [0.29, 0.717) is 19.8 Å². The first kappa shape index (κ1) is 13.2. The summed E-state index contributed by atoms with van der Waals surface area (Å²) in [5.74, 6) is 0. The molecule has 5 nitrogen and oxygen atoms in total. The van der Waals surface area contributed by atoms with Gasteiger partial charge in [-0.25, -0.2) is 4.79 Å². The lowest BCUT2D eigenvalue weighted by Gasteiger charge is -2.22. The van der Waals surface area contributed by atoms with Gasteiger partial charge in [-0.05, 0) is 0 Å². The minimum atomic E-state index is -0.773. The Balaban J connectivity index is 3.39. The van der Waals surface area contributed by atoms with Crippen LogP contribution in [0.1, 0.15) is 13.8 Å². The van der Waals surface area contributed by atoms with Gasteiger partial charge in [-0.15, -0.1) is 0 Å². The molecule has 5 heteroatoms. The molecule has 0 aliphatic carbocycles. The van der Waals surface area contributed by atoms with Crippen LogP contribution in [0.2, 0.25) is 0 Å². The summed E-state index contributed by atoms with van der Waals surface area (Å²) in [6, 6.07) is 0. The fraction of sp³-hybridized carbons (Fsp3) is 0.889. The Morgan fingerprint density at radius 3 is 2.43 bits per heavy atom. The first-order chi connectivity index (χ1) is 6.48. The number of carbonyl (C=O) groups excluding carboxylic acids is 1. The van der Waals surface area contributed by atoms with Gasteiger partial charge in [0.1, 0.15) is 6.61 Å². The van der Waals surface area contributed by atoms with Gasteiger partial charge in [0.2, 0.25) is 0 Å². The number of rotatable bonds is 7. The van der Waals surface area contributed by atoms with Gasteiger partial charge < -0.3 is 19.9 Å². The molecule has 0 bridgehead atoms. The highest BCUT2D eigenvalue weighted by Gasteiger charge is 2.17. The second kappa shape index (κ2) is 6.62. The zero-order valence-corrected chi connectivity index (χ0v) is 9.04. The molecule has 0 saturated carbocycles. The van der Waals surface area contributed by atoms with Crippen molar-refractivity contribution < 1.29 is 19.0 Å². The van der Waals surface area contributed by atoms with Crippen LogP contribution in [-0.2, 0) is 14.2 Å². The summed E-state index contributed by atoms with van der Waals surface area (Å²) in [7, 11) is 1.65. The second-order valence-electron chi connectivity index (χ2n) is 3.82. The van der Waals surface area contributed by atoms with Gasteiger partial charge >= 0.3 is 6.09 Å². The summed E-state index contributed by atoms with van der Waals surface area (Å²) < 4.78 is 14.8. The molecular weight excluding hydrogens is 186 g/mol. The number of methoxy groups -OCH3 is 1. The summed E-state index contributed by atoms with van der Waals surface area (Å²) in [5.41, 5.74) is 4.75. The molecule has 0 saturated heterocycles. The SMILES string of the molecule is COCC(C)(C)COCCOC(N)=O. The normalized spacial score (nSPS) is 11.4. The van der Waals surface area contributed by atoms with Crippen molar-refractivity contribution in [3.63, 3.8) is 0 Å². The van der Waals surface area contributed by atoms with E-state index in [1.807, 2.05) is 13.8 Å². The molecule has 0 heterocycles. The van der Waals surface area contributed by atoms with Crippen molar-refractivity contribution in [2.75, 3.05) is 33.5 Å². The quantitative estimate of drug-likeness (QED) is 0.623. The van der Waals surface area contributed by atoms with Crippen LogP contribution in [0.3, 0.4) is 0 Å². The number of hydrogen-bond donors (Lipinski definition) is 1. The average Bonchev–Trinajstić information content (AvgIpc) is 2.02. The van der Waals surface area contributed by atoms with Crippen LogP contribution in [0.4, 0.5) is 4.79 Å². The smallest absolute Gasteiger partial charge is 0.404 e. The highest BCUT2D eigenvalue weighted by molar-refractivity contribution is 5.64. The molecule has 0 aliphatic heterocycles. The highest BCUT2D eigenvalue weighted by Crippen LogP contribution is 2.14. The maximum absolute atomic E-state index is 10.2. The van der Waals surface area contributed by atoms with E-state index in [9.17, 15) is 4.79 Å². The molecule has 1 amide bonds. The van der Waals surface area contributed by atoms with Crippen molar-refractivity contribution in [3.05, 3.63) is 0 Å². The van der Waals surface area contributed by atoms with Gasteiger partial charge in [-0.3, -0.25) is 0 Å². The molecule has 84 valence electrons. The molecular formula is C9H19NO4. The number of primary amides is 1. The maximum atomic E-state index is 10.2. The lowest BCUT2D eigenvalue weighted by Crippen LogP contribution is -2.26. The molecule has 0 rings (SSSR count). The third-order valence-electron chi connectivity index (χ3n) is 1.50. The van der Waals surface area contributed by atoms with E-state index in [-0.39, 0.29) is 12.0 Å². The molecule has 0 fully saturated rings. The topological polar surface area (TPSA) is 70.8 Å². The van der Waals surface area contributed by atoms with Crippen molar-refractivity contribution >= 4 is 6.09 Å². The summed E-state index contributed by atoms with van der Waals surface area (Å²) in [6.45, 7) is 5.80. The van der Waals surface area contributed by atoms with Gasteiger partial charge in [0.15, 0.2) is 0 Å². The van der Waals surface area contributed by atoms with Crippen LogP contribution >= 0.6 is 0 Å². The predicted molar refractivity (Wildman–Crippen MR) is 52.0 cm³/mol. The number of amides is 1. The molecule has 14 heavy (non-hydrogen) atoms. The van der Waals surface area contributed by atoms with E-state index < -0.39 is 6.09 Å². The minimum Gasteiger partial charge on any atom is -0.447 e. The Labute approximate surface area is 84.5 Å². The predicted octanol–water partition coefficient (Wildman–Crippen LogP) is 0.771. The Hall–Kier alpha value is -0.810. The van der Waals surface area contributed by atoms with E-state index in [0.717, 1.165) is 0 Å². The molecule has 0 aliphatic rings. The van der Waals surface area contributed by atoms with E-state index >= 15 is 0 Å². The lowest BCUT2D eigenvalue weighted by atomic mass is 9.96. The van der Waals surface area contributed by atoms with Crippen LogP contribution in [0, 0.1) is 5.41 Å². The van der Waals surface area contributed by atoms with Gasteiger partial charge in [-0.2, -0.15) is 0 Å². The first-order valence-corrected chi connectivity index (χ1v) is 4.47. The van der Waals surface area contributed by atoms with Crippen LogP contribution in [0.15, 0.2) is 0 Å². The molecule has 0 atom stereocenters. The van der Waals surface area contributed by atoms with E-state index in [2.05, 4.69) is 4.74 Å². The molecule has 2 N–H and O–H groups in total. The second-order valence-corrected chi connectivity index (χ2v) is 3.82. The molecule has 0 spiro atoms. The average molecular weight is 205 g/mol. The highest BCUT2D eigenvalue weighted by atomic mass is 16.6. The first-order valence-electron chi connectivity index (χ1n) is 4.47. The zero-order chi connectivity index (χ0) is 11.0. The zero-order valence-electron chi connectivity index (χ0n) is 9.04. The van der Waals surface area contributed by atoms with Crippen molar-refractivity contribution in [1.82, 2.24) is 0 Å². The van der Waals surface area contributed by atoms with Crippen LogP contribution in [0.25, 0.3) is 0 Å². The molecule has 0 radical (unpaired) electrons. The van der Waals surface area contributed by atoms with Gasteiger partial charge in [-0.1, -0.05) is 13.8 Å². The summed E-state index contributed by atoms with van der Waals surface area (Å²) in [4.78, 5) is 10.2. The molecule has 0 aromatic heterocycles. The molecule has 0 aromatic rings. The lowest BCUT2D eigenvalue weighted by molar-refractivity contribution is -0.000690. The van der Waals surface area contributed by atoms with Crippen LogP contribution < -0.4 is 5.73 Å². The number of carbonyl (C=O) groups is 1. The summed E-state index contributed by atoms with van der Waals surface area (Å²) in [6.07, 6.45) is -0.773. The van der Waals surface area contributed by atoms with Crippen molar-refractivity contribution in [1.29, 1.82) is 0 Å². The summed E-state index contributed by atoms with van der Waals surface area (Å²) >= 11 is 0. The van der Waals surface area contributed by atoms with Crippen molar-refractivity contribution in [3.8, 4) is 0 Å². The van der Waals surface area contributed by atoms with Crippen LogP contribution in [0.5, 0.6) is 0 Å². The summed E-state index contributed by atoms with van der Waals surface area (Å²) in [5, 5.41) is 0. The minimum absolute atomic E-state index is 0.0263. The largest absolute Gasteiger partial charge is 0.447 e. The Kier molecular flexibility index (Phi) is 6.23. The standard InChI is InChI=1S/C9H19NO4/c1-9(2,6-12-3)7-13-4-5-14-8(10)11/h4-7H2,1-3H3,(H2,10,11). The van der Waals surface area contributed by atoms with Crippen molar-refractivity contribution in [2.24, 2.45) is 11.1 Å². The number of nitrogens with two attached hydrogens (primary N) is 1. The number of ether oxygens (including phenoxy) is 3. The monoisotopic (exact) mass is 205 g/mol. The fourth-order valence-corrected chi connectivity index (χ4v) is 0.982. The fourth-order valence-electron chi connectivity index (χ4n) is 0.982. The van der Waals surface area contributed by atoms with E-state index in [4.69, 9.17) is 15.2 Å². The van der Waals surface area contributed by atoms with Gasteiger partial charge in [0, 0.05) is 12.5 Å². The maximum Gasteiger partial charge on any atom is 0.404 e. The van der Waals surface area contributed by atoms with Gasteiger partial charge in [0.25, 0.3) is 0 Å². The van der Waals surface area contributed by atoms with Crippen LogP contribution in [-0.4, -0.2) is 39.6 Å². The third-order valence-corrected chi connectivity index (χ3v) is 1.50. The van der Waals surface area contributed by atoms with E-state index in [1.54, 1.807) is 7.11 Å². The molecule has 0 aromatic carbocycles. The van der Waals surface area contributed by atoms with Gasteiger partial charge in [0.05, 0.1) is 19.8 Å². The number of hydrogen-bond acceptors (Lipinski definition) is 4. The third kappa shape index (κ3) is 7.82. The molecule has 0 unspecified atom stereocenters. The Morgan fingerprint density at radius 2 is 1.93 bits per heavy atom. The Bertz CT molecular complexity index is 170.